The van der Waals surface area contributed by atoms with E-state index in [9.17, 15) is 22.8 Å². The molecule has 1 amide bonds. The number of alkyl halides is 3. The van der Waals surface area contributed by atoms with Gasteiger partial charge in [-0.2, -0.15) is 13.2 Å². The van der Waals surface area contributed by atoms with Crippen LogP contribution in [0.1, 0.15) is 10.5 Å². The molecule has 0 radical (unpaired) electrons. The molecule has 1 rings (SSSR count). The van der Waals surface area contributed by atoms with Crippen molar-refractivity contribution >= 4 is 11.9 Å². The van der Waals surface area contributed by atoms with Crippen LogP contribution in [0.4, 0.5) is 13.2 Å². The molecule has 0 aromatic carbocycles. The van der Waals surface area contributed by atoms with Crippen LogP contribution in [0.25, 0.3) is 0 Å². The lowest BCUT2D eigenvalue weighted by molar-refractivity contribution is -0.190. The summed E-state index contributed by atoms with van der Waals surface area (Å²) in [6, 6.07) is 0. The van der Waals surface area contributed by atoms with E-state index in [-0.39, 0.29) is 0 Å². The molecule has 0 spiro atoms. The van der Waals surface area contributed by atoms with Crippen molar-refractivity contribution in [3.05, 3.63) is 5.69 Å². The van der Waals surface area contributed by atoms with Gasteiger partial charge in [0.2, 0.25) is 0 Å². The Morgan fingerprint density at radius 1 is 1.40 bits per heavy atom. The van der Waals surface area contributed by atoms with Crippen molar-refractivity contribution < 1.29 is 27.5 Å². The van der Waals surface area contributed by atoms with Crippen LogP contribution in [-0.4, -0.2) is 33.5 Å². The van der Waals surface area contributed by atoms with Gasteiger partial charge in [0.15, 0.2) is 5.69 Å². The van der Waals surface area contributed by atoms with Gasteiger partial charge in [-0.1, -0.05) is 10.3 Å². The van der Waals surface area contributed by atoms with Crippen LogP contribution in [-0.2, 0) is 4.79 Å². The summed E-state index contributed by atoms with van der Waals surface area (Å²) in [5.74, 6) is -4.58. The Morgan fingerprint density at radius 2 is 2.00 bits per heavy atom. The molecule has 0 aliphatic rings. The molecule has 0 bridgehead atoms. The molecule has 1 aromatic heterocycles. The van der Waals surface area contributed by atoms with Crippen molar-refractivity contribution in [2.24, 2.45) is 5.73 Å². The minimum absolute atomic E-state index is 0.618. The van der Waals surface area contributed by atoms with Crippen LogP contribution in [0.15, 0.2) is 0 Å². The molecule has 1 heterocycles. The second-order valence-corrected chi connectivity index (χ2v) is 2.24. The Bertz CT molecular complexity index is 398. The molecule has 0 unspecified atom stereocenters. The van der Waals surface area contributed by atoms with Gasteiger partial charge in [-0.3, -0.25) is 4.79 Å². The van der Waals surface area contributed by atoms with Crippen molar-refractivity contribution in [2.45, 2.75) is 6.18 Å². The van der Waals surface area contributed by atoms with E-state index in [1.54, 1.807) is 0 Å². The van der Waals surface area contributed by atoms with E-state index in [0.717, 1.165) is 0 Å². The Kier molecular flexibility index (Phi) is 2.59. The number of esters is 1. The maximum atomic E-state index is 11.7. The normalized spacial score (nSPS) is 11.1. The van der Waals surface area contributed by atoms with E-state index in [0.29, 0.717) is 0 Å². The molecular weight excluding hydrogens is 221 g/mol. The van der Waals surface area contributed by atoms with E-state index in [1.165, 1.54) is 0 Å². The molecule has 10 heteroatoms. The minimum Gasteiger partial charge on any atom is -0.396 e. The number of ether oxygens (including phenoxy) is 1. The van der Waals surface area contributed by atoms with Gasteiger partial charge in [0.05, 0.1) is 0 Å². The SMILES string of the molecule is NC(=O)c1[nH]nnc1OC(=O)C(F)(F)F. The highest BCUT2D eigenvalue weighted by molar-refractivity contribution is 5.93. The van der Waals surface area contributed by atoms with Crippen molar-refractivity contribution in [1.29, 1.82) is 0 Å². The summed E-state index contributed by atoms with van der Waals surface area (Å²) in [6.45, 7) is 0. The molecule has 3 N–H and O–H groups in total. The summed E-state index contributed by atoms with van der Waals surface area (Å²) < 4.78 is 38.9. The summed E-state index contributed by atoms with van der Waals surface area (Å²) in [4.78, 5) is 20.9. The molecule has 0 saturated heterocycles. The maximum Gasteiger partial charge on any atom is 0.491 e. The molecular formula is C5H3F3N4O3. The topological polar surface area (TPSA) is 111 Å². The number of carbonyl (C=O) groups excluding carboxylic acids is 2. The number of amides is 1. The lowest BCUT2D eigenvalue weighted by Gasteiger charge is -2.03. The van der Waals surface area contributed by atoms with Crippen LogP contribution in [0.5, 0.6) is 5.88 Å². The number of carbonyl (C=O) groups is 2. The zero-order chi connectivity index (χ0) is 11.6. The standard InChI is InChI=1S/C5H3F3N4O3/c6-5(7,8)4(14)15-3-1(2(9)13)10-12-11-3/h(H2,9,13)(H,10,11,12). The first-order valence-corrected chi connectivity index (χ1v) is 3.32. The molecule has 0 atom stereocenters. The fourth-order valence-electron chi connectivity index (χ4n) is 0.596. The molecule has 0 fully saturated rings. The summed E-state index contributed by atoms with van der Waals surface area (Å²) in [5.41, 5.74) is 4.10. The third-order valence-corrected chi connectivity index (χ3v) is 1.18. The third kappa shape index (κ3) is 2.42. The summed E-state index contributed by atoms with van der Waals surface area (Å²) in [7, 11) is 0. The van der Waals surface area contributed by atoms with Crippen LogP contribution in [0.2, 0.25) is 0 Å². The van der Waals surface area contributed by atoms with Gasteiger partial charge < -0.3 is 10.5 Å². The van der Waals surface area contributed by atoms with Gasteiger partial charge in [-0.15, -0.1) is 0 Å². The monoisotopic (exact) mass is 224 g/mol. The van der Waals surface area contributed by atoms with E-state index in [2.05, 4.69) is 15.0 Å². The minimum atomic E-state index is -5.19. The average molecular weight is 224 g/mol. The van der Waals surface area contributed by atoms with Crippen molar-refractivity contribution in [3.8, 4) is 5.88 Å². The largest absolute Gasteiger partial charge is 0.491 e. The number of hydrogen-bond acceptors (Lipinski definition) is 5. The van der Waals surface area contributed by atoms with Gasteiger partial charge in [0.25, 0.3) is 11.8 Å². The number of hydrogen-bond donors (Lipinski definition) is 2. The number of nitrogens with two attached hydrogens (primary N) is 1. The fraction of sp³-hybridized carbons (Fsp3) is 0.200. The second kappa shape index (κ2) is 3.55. The quantitative estimate of drug-likeness (QED) is 0.649. The molecule has 0 saturated carbocycles. The molecule has 0 aliphatic heterocycles. The van der Waals surface area contributed by atoms with Crippen LogP contribution in [0.3, 0.4) is 0 Å². The number of rotatable bonds is 2. The second-order valence-electron chi connectivity index (χ2n) is 2.24. The Hall–Kier alpha value is -2.13. The average Bonchev–Trinajstić information content (AvgIpc) is 2.50. The first kappa shape index (κ1) is 10.9. The number of primary amides is 1. The lowest BCUT2D eigenvalue weighted by Crippen LogP contribution is -2.29. The van der Waals surface area contributed by atoms with E-state index in [1.807, 2.05) is 5.10 Å². The van der Waals surface area contributed by atoms with Gasteiger partial charge >= 0.3 is 12.1 Å². The summed E-state index contributed by atoms with van der Waals surface area (Å²) in [5, 5.41) is 7.78. The Labute approximate surface area is 79.4 Å². The Morgan fingerprint density at radius 3 is 2.47 bits per heavy atom. The first-order valence-electron chi connectivity index (χ1n) is 3.32. The highest BCUT2D eigenvalue weighted by Gasteiger charge is 2.42. The molecule has 82 valence electrons. The van der Waals surface area contributed by atoms with Gasteiger partial charge in [-0.25, -0.2) is 9.89 Å². The summed E-state index contributed by atoms with van der Waals surface area (Å²) in [6.07, 6.45) is -5.19. The third-order valence-electron chi connectivity index (χ3n) is 1.18. The number of aromatic amines is 1. The molecule has 7 nitrogen and oxygen atoms in total. The van der Waals surface area contributed by atoms with Gasteiger partial charge in [0.1, 0.15) is 0 Å². The van der Waals surface area contributed by atoms with Crippen molar-refractivity contribution in [2.75, 3.05) is 0 Å². The number of aromatic nitrogens is 3. The zero-order valence-electron chi connectivity index (χ0n) is 6.83. The predicted molar refractivity (Wildman–Crippen MR) is 36.6 cm³/mol. The number of nitrogens with zero attached hydrogens (tertiary/aromatic N) is 2. The smallest absolute Gasteiger partial charge is 0.396 e. The van der Waals surface area contributed by atoms with Crippen molar-refractivity contribution in [3.63, 3.8) is 0 Å². The zero-order valence-corrected chi connectivity index (χ0v) is 6.83. The Balaban J connectivity index is 2.86. The van der Waals surface area contributed by atoms with Crippen LogP contribution in [0, 0.1) is 0 Å². The molecule has 1 aromatic rings. The van der Waals surface area contributed by atoms with Crippen molar-refractivity contribution in [1.82, 2.24) is 15.4 Å². The number of nitrogens with one attached hydrogen (secondary N) is 1. The van der Waals surface area contributed by atoms with E-state index in [4.69, 9.17) is 5.73 Å². The number of halogens is 3. The fourth-order valence-corrected chi connectivity index (χ4v) is 0.596. The highest BCUT2D eigenvalue weighted by atomic mass is 19.4. The highest BCUT2D eigenvalue weighted by Crippen LogP contribution is 2.19. The molecule has 15 heavy (non-hydrogen) atoms. The maximum absolute atomic E-state index is 11.7. The predicted octanol–water partition coefficient (Wildman–Crippen LogP) is -0.629. The first-order chi connectivity index (χ1) is 6.82. The summed E-state index contributed by atoms with van der Waals surface area (Å²) >= 11 is 0. The van der Waals surface area contributed by atoms with Gasteiger partial charge in [0, 0.05) is 0 Å². The number of H-pyrrole nitrogens is 1. The van der Waals surface area contributed by atoms with Gasteiger partial charge in [-0.05, 0) is 0 Å². The van der Waals surface area contributed by atoms with Crippen LogP contribution < -0.4 is 10.5 Å². The van der Waals surface area contributed by atoms with E-state index >= 15 is 0 Å². The lowest BCUT2D eigenvalue weighted by atomic mass is 10.4. The van der Waals surface area contributed by atoms with Crippen LogP contribution >= 0.6 is 0 Å². The molecule has 0 aliphatic carbocycles. The van der Waals surface area contributed by atoms with E-state index < -0.39 is 29.6 Å².